The first kappa shape index (κ1) is 17.6. The number of rotatable bonds is 6. The average molecular weight is 379 g/mol. The second-order valence-electron chi connectivity index (χ2n) is 5.71. The number of hydrogen-bond acceptors (Lipinski definition) is 2. The van der Waals surface area contributed by atoms with E-state index in [9.17, 15) is 9.18 Å². The van der Waals surface area contributed by atoms with Crippen molar-refractivity contribution in [2.24, 2.45) is 0 Å². The van der Waals surface area contributed by atoms with Gasteiger partial charge in [-0.05, 0) is 58.8 Å². The summed E-state index contributed by atoms with van der Waals surface area (Å²) in [6.07, 6.45) is 0.231. The molecule has 1 N–H and O–H groups in total. The molecule has 0 aliphatic carbocycles. The third kappa shape index (κ3) is 5.44. The van der Waals surface area contributed by atoms with Crippen LogP contribution in [0.2, 0.25) is 0 Å². The summed E-state index contributed by atoms with van der Waals surface area (Å²) >= 11 is 3.13. The van der Waals surface area contributed by atoms with Crippen LogP contribution >= 0.6 is 15.9 Å². The second-order valence-corrected chi connectivity index (χ2v) is 6.56. The SMILES string of the molecule is CN(C)Cc1ccccc1CNC(=O)Cc1ccc(F)c(Br)c1. The number of nitrogens with zero attached hydrogens (tertiary/aromatic N) is 1. The van der Waals surface area contributed by atoms with E-state index in [1.807, 2.05) is 32.3 Å². The molecule has 0 spiro atoms. The highest BCUT2D eigenvalue weighted by molar-refractivity contribution is 9.10. The van der Waals surface area contributed by atoms with Crippen LogP contribution in [0.5, 0.6) is 0 Å². The number of carbonyl (C=O) groups excluding carboxylic acids is 1. The fourth-order valence-corrected chi connectivity index (χ4v) is 2.74. The Balaban J connectivity index is 1.95. The Hall–Kier alpha value is -1.72. The Labute approximate surface area is 144 Å². The van der Waals surface area contributed by atoms with E-state index >= 15 is 0 Å². The van der Waals surface area contributed by atoms with Crippen LogP contribution in [0.25, 0.3) is 0 Å². The van der Waals surface area contributed by atoms with Crippen LogP contribution in [0, 0.1) is 5.82 Å². The van der Waals surface area contributed by atoms with E-state index in [0.717, 1.165) is 17.7 Å². The fraction of sp³-hybridized carbons (Fsp3) is 0.278. The van der Waals surface area contributed by atoms with Crippen LogP contribution in [-0.4, -0.2) is 24.9 Å². The molecule has 0 fully saturated rings. The monoisotopic (exact) mass is 378 g/mol. The van der Waals surface area contributed by atoms with Crippen LogP contribution < -0.4 is 5.32 Å². The second kappa shape index (κ2) is 8.22. The topological polar surface area (TPSA) is 32.3 Å². The number of halogens is 2. The summed E-state index contributed by atoms with van der Waals surface area (Å²) < 4.78 is 13.6. The van der Waals surface area contributed by atoms with Crippen LogP contribution in [0.1, 0.15) is 16.7 Å². The zero-order valence-corrected chi connectivity index (χ0v) is 14.9. The van der Waals surface area contributed by atoms with Gasteiger partial charge in [-0.25, -0.2) is 4.39 Å². The summed E-state index contributed by atoms with van der Waals surface area (Å²) in [7, 11) is 4.03. The molecule has 0 atom stereocenters. The summed E-state index contributed by atoms with van der Waals surface area (Å²) in [5.74, 6) is -0.407. The molecular formula is C18H20BrFN2O. The van der Waals surface area contributed by atoms with E-state index in [4.69, 9.17) is 0 Å². The van der Waals surface area contributed by atoms with E-state index < -0.39 is 0 Å². The zero-order chi connectivity index (χ0) is 16.8. The molecule has 2 rings (SSSR count). The van der Waals surface area contributed by atoms with Crippen molar-refractivity contribution in [3.63, 3.8) is 0 Å². The number of amides is 1. The van der Waals surface area contributed by atoms with Crippen molar-refractivity contribution in [1.29, 1.82) is 0 Å². The van der Waals surface area contributed by atoms with Gasteiger partial charge in [0.05, 0.1) is 10.9 Å². The minimum Gasteiger partial charge on any atom is -0.352 e. The summed E-state index contributed by atoms with van der Waals surface area (Å²) in [6, 6.07) is 12.7. The van der Waals surface area contributed by atoms with Gasteiger partial charge in [0.25, 0.3) is 0 Å². The lowest BCUT2D eigenvalue weighted by Crippen LogP contribution is -2.25. The van der Waals surface area contributed by atoms with Gasteiger partial charge in [0.15, 0.2) is 0 Å². The van der Waals surface area contributed by atoms with Crippen LogP contribution in [-0.2, 0) is 24.3 Å². The molecule has 0 aliphatic heterocycles. The number of nitrogens with one attached hydrogen (secondary N) is 1. The number of benzene rings is 2. The molecule has 0 radical (unpaired) electrons. The van der Waals surface area contributed by atoms with Crippen molar-refractivity contribution in [3.05, 3.63) is 69.4 Å². The molecule has 0 unspecified atom stereocenters. The highest BCUT2D eigenvalue weighted by Crippen LogP contribution is 2.17. The normalized spacial score (nSPS) is 10.8. The minimum absolute atomic E-state index is 0.0804. The lowest BCUT2D eigenvalue weighted by molar-refractivity contribution is -0.120. The number of hydrogen-bond donors (Lipinski definition) is 1. The van der Waals surface area contributed by atoms with E-state index in [1.165, 1.54) is 11.6 Å². The van der Waals surface area contributed by atoms with Gasteiger partial charge in [0, 0.05) is 13.1 Å². The molecular weight excluding hydrogens is 359 g/mol. The van der Waals surface area contributed by atoms with Gasteiger partial charge >= 0.3 is 0 Å². The standard InChI is InChI=1S/C18H20BrFN2O/c1-22(2)12-15-6-4-3-5-14(15)11-21-18(23)10-13-7-8-17(20)16(19)9-13/h3-9H,10-12H2,1-2H3,(H,21,23). The summed E-state index contributed by atoms with van der Waals surface area (Å²) in [6.45, 7) is 1.32. The predicted molar refractivity (Wildman–Crippen MR) is 93.5 cm³/mol. The number of carbonyl (C=O) groups is 1. The van der Waals surface area contributed by atoms with E-state index in [-0.39, 0.29) is 18.1 Å². The highest BCUT2D eigenvalue weighted by Gasteiger charge is 2.08. The zero-order valence-electron chi connectivity index (χ0n) is 13.3. The van der Waals surface area contributed by atoms with Gasteiger partial charge < -0.3 is 10.2 Å². The fourth-order valence-electron chi connectivity index (χ4n) is 2.32. The van der Waals surface area contributed by atoms with E-state index in [1.54, 1.807) is 12.1 Å². The van der Waals surface area contributed by atoms with Crippen molar-refractivity contribution < 1.29 is 9.18 Å². The smallest absolute Gasteiger partial charge is 0.224 e. The quantitative estimate of drug-likeness (QED) is 0.833. The van der Waals surface area contributed by atoms with Crippen LogP contribution in [0.15, 0.2) is 46.9 Å². The molecule has 3 nitrogen and oxygen atoms in total. The molecule has 0 aliphatic rings. The third-order valence-corrected chi connectivity index (χ3v) is 4.04. The maximum Gasteiger partial charge on any atom is 0.224 e. The summed E-state index contributed by atoms with van der Waals surface area (Å²) in [4.78, 5) is 14.2. The molecule has 5 heteroatoms. The van der Waals surface area contributed by atoms with Gasteiger partial charge in [0.1, 0.15) is 5.82 Å². The van der Waals surface area contributed by atoms with Crippen LogP contribution in [0.4, 0.5) is 4.39 Å². The first-order chi connectivity index (χ1) is 11.0. The first-order valence-electron chi connectivity index (χ1n) is 7.38. The maximum atomic E-state index is 13.2. The van der Waals surface area contributed by atoms with Crippen molar-refractivity contribution in [2.45, 2.75) is 19.5 Å². The molecule has 0 aromatic heterocycles. The van der Waals surface area contributed by atoms with Gasteiger partial charge in [-0.15, -0.1) is 0 Å². The molecule has 122 valence electrons. The van der Waals surface area contributed by atoms with E-state index in [0.29, 0.717) is 11.0 Å². The Bertz CT molecular complexity index is 688. The van der Waals surface area contributed by atoms with Crippen molar-refractivity contribution in [2.75, 3.05) is 14.1 Å². The molecule has 0 heterocycles. The highest BCUT2D eigenvalue weighted by atomic mass is 79.9. The minimum atomic E-state index is -0.327. The molecule has 1 amide bonds. The third-order valence-electron chi connectivity index (χ3n) is 3.43. The molecule has 0 saturated heterocycles. The molecule has 0 saturated carbocycles. The molecule has 2 aromatic carbocycles. The largest absolute Gasteiger partial charge is 0.352 e. The molecule has 23 heavy (non-hydrogen) atoms. The van der Waals surface area contributed by atoms with Gasteiger partial charge in [-0.3, -0.25) is 4.79 Å². The van der Waals surface area contributed by atoms with Crippen molar-refractivity contribution >= 4 is 21.8 Å². The maximum absolute atomic E-state index is 13.2. The van der Waals surface area contributed by atoms with Gasteiger partial charge in [0.2, 0.25) is 5.91 Å². The van der Waals surface area contributed by atoms with Crippen molar-refractivity contribution in [1.82, 2.24) is 10.2 Å². The Morgan fingerprint density at radius 3 is 2.52 bits per heavy atom. The lowest BCUT2D eigenvalue weighted by Gasteiger charge is -2.14. The van der Waals surface area contributed by atoms with Gasteiger partial charge in [-0.1, -0.05) is 30.3 Å². The predicted octanol–water partition coefficient (Wildman–Crippen LogP) is 3.51. The molecule has 2 aromatic rings. The van der Waals surface area contributed by atoms with Crippen LogP contribution in [0.3, 0.4) is 0 Å². The summed E-state index contributed by atoms with van der Waals surface area (Å²) in [5, 5.41) is 2.93. The lowest BCUT2D eigenvalue weighted by atomic mass is 10.1. The average Bonchev–Trinajstić information content (AvgIpc) is 2.49. The molecule has 0 bridgehead atoms. The Morgan fingerprint density at radius 1 is 1.17 bits per heavy atom. The Kier molecular flexibility index (Phi) is 6.30. The van der Waals surface area contributed by atoms with E-state index in [2.05, 4.69) is 32.2 Å². The summed E-state index contributed by atoms with van der Waals surface area (Å²) in [5.41, 5.74) is 3.08. The van der Waals surface area contributed by atoms with Crippen molar-refractivity contribution in [3.8, 4) is 0 Å². The van der Waals surface area contributed by atoms with Gasteiger partial charge in [-0.2, -0.15) is 0 Å². The Morgan fingerprint density at radius 2 is 1.87 bits per heavy atom. The first-order valence-corrected chi connectivity index (χ1v) is 8.17.